The number of aromatic nitrogens is 2. The summed E-state index contributed by atoms with van der Waals surface area (Å²) in [5.74, 6) is -0.158. The van der Waals surface area contributed by atoms with Crippen LogP contribution in [0.15, 0.2) is 4.34 Å². The Hall–Kier alpha value is -0.660. The molecule has 1 amide bonds. The van der Waals surface area contributed by atoms with Crippen LogP contribution in [0.4, 0.5) is 5.13 Å². The molecule has 0 aliphatic heterocycles. The van der Waals surface area contributed by atoms with Crippen LogP contribution in [0, 0.1) is 0 Å². The summed E-state index contributed by atoms with van der Waals surface area (Å²) in [6, 6.07) is 0. The lowest BCUT2D eigenvalue weighted by Gasteiger charge is -1.89. The Morgan fingerprint density at radius 2 is 2.15 bits per heavy atom. The van der Waals surface area contributed by atoms with E-state index in [1.807, 2.05) is 13.8 Å². The SMILES string of the molecule is CC.CC(=O)Nc1nnc(SN)s1. The fraction of sp³-hybridized carbons (Fsp3) is 0.500. The Bertz CT molecular complexity index is 263. The van der Waals surface area contributed by atoms with Crippen LogP contribution >= 0.6 is 23.3 Å². The molecule has 0 saturated heterocycles. The molecule has 5 nitrogen and oxygen atoms in total. The van der Waals surface area contributed by atoms with Gasteiger partial charge in [-0.3, -0.25) is 9.93 Å². The minimum atomic E-state index is -0.158. The van der Waals surface area contributed by atoms with E-state index in [9.17, 15) is 4.79 Å². The van der Waals surface area contributed by atoms with E-state index in [1.165, 1.54) is 18.3 Å². The second kappa shape index (κ2) is 6.81. The molecule has 0 fully saturated rings. The Morgan fingerprint density at radius 1 is 1.54 bits per heavy atom. The number of nitrogens with one attached hydrogen (secondary N) is 1. The van der Waals surface area contributed by atoms with Crippen molar-refractivity contribution >= 4 is 34.3 Å². The topological polar surface area (TPSA) is 80.9 Å². The predicted molar refractivity (Wildman–Crippen MR) is 55.6 cm³/mol. The van der Waals surface area contributed by atoms with E-state index in [0.29, 0.717) is 9.47 Å². The molecule has 0 spiro atoms. The monoisotopic (exact) mass is 220 g/mol. The molecule has 0 bridgehead atoms. The summed E-state index contributed by atoms with van der Waals surface area (Å²) < 4.78 is 0.633. The number of nitrogens with two attached hydrogens (primary N) is 1. The summed E-state index contributed by atoms with van der Waals surface area (Å²) >= 11 is 2.26. The van der Waals surface area contributed by atoms with Crippen molar-refractivity contribution in [3.63, 3.8) is 0 Å². The van der Waals surface area contributed by atoms with Crippen molar-refractivity contribution in [2.24, 2.45) is 5.14 Å². The Morgan fingerprint density at radius 3 is 2.54 bits per heavy atom. The van der Waals surface area contributed by atoms with E-state index in [1.54, 1.807) is 0 Å². The first-order chi connectivity index (χ1) is 6.22. The van der Waals surface area contributed by atoms with Gasteiger partial charge in [0.2, 0.25) is 11.0 Å². The van der Waals surface area contributed by atoms with Gasteiger partial charge in [0, 0.05) is 6.92 Å². The van der Waals surface area contributed by atoms with E-state index in [4.69, 9.17) is 5.14 Å². The number of hydrogen-bond acceptors (Lipinski definition) is 6. The molecule has 7 heteroatoms. The number of hydrogen-bond donors (Lipinski definition) is 2. The van der Waals surface area contributed by atoms with Crippen LogP contribution in [-0.2, 0) is 4.79 Å². The minimum absolute atomic E-state index is 0.158. The van der Waals surface area contributed by atoms with Gasteiger partial charge in [0.1, 0.15) is 0 Å². The quantitative estimate of drug-likeness (QED) is 0.583. The fourth-order valence-electron chi connectivity index (χ4n) is 0.458. The highest BCUT2D eigenvalue weighted by atomic mass is 32.2. The molecule has 1 aromatic rings. The molecule has 74 valence electrons. The zero-order valence-corrected chi connectivity index (χ0v) is 9.33. The van der Waals surface area contributed by atoms with E-state index in [2.05, 4.69) is 15.5 Å². The third-order valence-corrected chi connectivity index (χ3v) is 2.25. The van der Waals surface area contributed by atoms with Crippen LogP contribution in [0.1, 0.15) is 20.8 Å². The third kappa shape index (κ3) is 4.81. The van der Waals surface area contributed by atoms with Gasteiger partial charge in [-0.25, -0.2) is 0 Å². The molecule has 0 aliphatic rings. The van der Waals surface area contributed by atoms with E-state index in [0.717, 1.165) is 11.9 Å². The van der Waals surface area contributed by atoms with Gasteiger partial charge in [-0.1, -0.05) is 25.2 Å². The Balaban J connectivity index is 0.000000671. The second-order valence-corrected chi connectivity index (χ2v) is 3.53. The smallest absolute Gasteiger partial charge is 0.223 e. The van der Waals surface area contributed by atoms with E-state index >= 15 is 0 Å². The van der Waals surface area contributed by atoms with Gasteiger partial charge in [-0.2, -0.15) is 0 Å². The molecule has 0 aromatic carbocycles. The first-order valence-electron chi connectivity index (χ1n) is 3.70. The number of nitrogens with zero attached hydrogens (tertiary/aromatic N) is 2. The van der Waals surface area contributed by atoms with Crippen molar-refractivity contribution in [3.8, 4) is 0 Å². The Labute approximate surface area is 85.3 Å². The molecular weight excluding hydrogens is 208 g/mol. The number of carbonyl (C=O) groups is 1. The lowest BCUT2D eigenvalue weighted by Crippen LogP contribution is -2.04. The summed E-state index contributed by atoms with van der Waals surface area (Å²) in [5, 5.41) is 15.5. The highest BCUT2D eigenvalue weighted by molar-refractivity contribution is 7.98. The van der Waals surface area contributed by atoms with Crippen molar-refractivity contribution < 1.29 is 4.79 Å². The summed E-state index contributed by atoms with van der Waals surface area (Å²) in [7, 11) is 0. The van der Waals surface area contributed by atoms with Crippen molar-refractivity contribution in [3.05, 3.63) is 0 Å². The number of rotatable bonds is 2. The summed E-state index contributed by atoms with van der Waals surface area (Å²) in [6.07, 6.45) is 0. The third-order valence-electron chi connectivity index (χ3n) is 0.790. The maximum atomic E-state index is 10.5. The molecule has 0 aliphatic carbocycles. The van der Waals surface area contributed by atoms with Gasteiger partial charge in [0.15, 0.2) is 4.34 Å². The molecule has 0 radical (unpaired) electrons. The Kier molecular flexibility index (Phi) is 6.47. The summed E-state index contributed by atoms with van der Waals surface area (Å²) in [5.41, 5.74) is 0. The average molecular weight is 220 g/mol. The van der Waals surface area contributed by atoms with Gasteiger partial charge >= 0.3 is 0 Å². The first-order valence-corrected chi connectivity index (χ1v) is 5.40. The van der Waals surface area contributed by atoms with Crippen LogP contribution in [-0.4, -0.2) is 16.1 Å². The van der Waals surface area contributed by atoms with Crippen LogP contribution in [0.25, 0.3) is 0 Å². The van der Waals surface area contributed by atoms with Crippen molar-refractivity contribution in [1.82, 2.24) is 10.2 Å². The van der Waals surface area contributed by atoms with Crippen molar-refractivity contribution in [2.75, 3.05) is 5.32 Å². The molecule has 13 heavy (non-hydrogen) atoms. The van der Waals surface area contributed by atoms with Crippen LogP contribution < -0.4 is 10.5 Å². The lowest BCUT2D eigenvalue weighted by molar-refractivity contribution is -0.114. The minimum Gasteiger partial charge on any atom is -0.301 e. The van der Waals surface area contributed by atoms with Gasteiger partial charge in [-0.15, -0.1) is 10.2 Å². The lowest BCUT2D eigenvalue weighted by atomic mass is 10.7. The zero-order chi connectivity index (χ0) is 10.3. The molecule has 1 heterocycles. The number of carbonyl (C=O) groups excluding carboxylic acids is 1. The van der Waals surface area contributed by atoms with Crippen LogP contribution in [0.3, 0.4) is 0 Å². The number of amides is 1. The average Bonchev–Trinajstić information content (AvgIpc) is 2.55. The van der Waals surface area contributed by atoms with Gasteiger partial charge in [0.25, 0.3) is 0 Å². The molecule has 0 unspecified atom stereocenters. The summed E-state index contributed by atoms with van der Waals surface area (Å²) in [6.45, 7) is 5.41. The van der Waals surface area contributed by atoms with E-state index < -0.39 is 0 Å². The first kappa shape index (κ1) is 12.3. The maximum Gasteiger partial charge on any atom is 0.223 e. The van der Waals surface area contributed by atoms with Crippen LogP contribution in [0.5, 0.6) is 0 Å². The highest BCUT2D eigenvalue weighted by Gasteiger charge is 2.03. The molecular formula is C6H12N4OS2. The maximum absolute atomic E-state index is 10.5. The van der Waals surface area contributed by atoms with Gasteiger partial charge < -0.3 is 5.32 Å². The summed E-state index contributed by atoms with van der Waals surface area (Å²) in [4.78, 5) is 10.5. The molecule has 0 atom stereocenters. The number of anilines is 1. The normalized spacial score (nSPS) is 8.62. The highest BCUT2D eigenvalue weighted by Crippen LogP contribution is 2.20. The van der Waals surface area contributed by atoms with Gasteiger partial charge in [0.05, 0.1) is 0 Å². The second-order valence-electron chi connectivity index (χ2n) is 1.67. The van der Waals surface area contributed by atoms with Crippen molar-refractivity contribution in [2.45, 2.75) is 25.1 Å². The van der Waals surface area contributed by atoms with Crippen molar-refractivity contribution in [1.29, 1.82) is 0 Å². The van der Waals surface area contributed by atoms with Crippen LogP contribution in [0.2, 0.25) is 0 Å². The fourth-order valence-corrected chi connectivity index (χ4v) is 1.50. The van der Waals surface area contributed by atoms with E-state index in [-0.39, 0.29) is 5.91 Å². The predicted octanol–water partition coefficient (Wildman–Crippen LogP) is 1.49. The molecule has 1 aromatic heterocycles. The van der Waals surface area contributed by atoms with Gasteiger partial charge in [-0.05, 0) is 11.9 Å². The molecule has 0 saturated carbocycles. The zero-order valence-electron chi connectivity index (χ0n) is 7.70. The standard InChI is InChI=1S/C4H6N4OS2.C2H6/c1-2(9)6-3-7-8-4(10-3)11-5;1-2/h5H2,1H3,(H,6,7,9);1-2H3. The molecule has 1 rings (SSSR count). The molecule has 3 N–H and O–H groups in total. The largest absolute Gasteiger partial charge is 0.301 e.